The Bertz CT molecular complexity index is 382. The lowest BCUT2D eigenvalue weighted by Gasteiger charge is -2.38. The van der Waals surface area contributed by atoms with Crippen molar-refractivity contribution in [3.8, 4) is 0 Å². The van der Waals surface area contributed by atoms with Crippen LogP contribution >= 0.6 is 0 Å². The second-order valence-electron chi connectivity index (χ2n) is 7.26. The van der Waals surface area contributed by atoms with Gasteiger partial charge in [0.15, 0.2) is 0 Å². The van der Waals surface area contributed by atoms with Gasteiger partial charge in [-0.3, -0.25) is 14.6 Å². The van der Waals surface area contributed by atoms with Crippen molar-refractivity contribution in [3.05, 3.63) is 0 Å². The highest BCUT2D eigenvalue weighted by molar-refractivity contribution is 5.82. The highest BCUT2D eigenvalue weighted by Gasteiger charge is 2.30. The van der Waals surface area contributed by atoms with Gasteiger partial charge in [-0.2, -0.15) is 0 Å². The van der Waals surface area contributed by atoms with E-state index < -0.39 is 0 Å². The normalized spacial score (nSPS) is 34.0. The van der Waals surface area contributed by atoms with Gasteiger partial charge in [0.05, 0.1) is 13.2 Å². The Morgan fingerprint density at radius 1 is 1.09 bits per heavy atom. The standard InChI is InChI=1S/C17H32N4O2/c1-14-3-4-15(2)21(14)11-8-19-6-9-20(10-7-19)17(22)16-13-23-12-5-18-16/h14-16,18H,3-13H2,1-2H3/t14-,15+,16-/m0/s1. The van der Waals surface area contributed by atoms with E-state index in [0.717, 1.165) is 57.9 Å². The molecule has 132 valence electrons. The highest BCUT2D eigenvalue weighted by atomic mass is 16.5. The Balaban J connectivity index is 1.39. The molecule has 0 unspecified atom stereocenters. The van der Waals surface area contributed by atoms with Crippen LogP contribution in [0.25, 0.3) is 0 Å². The van der Waals surface area contributed by atoms with E-state index in [1.165, 1.54) is 12.8 Å². The van der Waals surface area contributed by atoms with Crippen molar-refractivity contribution in [2.75, 3.05) is 59.0 Å². The summed E-state index contributed by atoms with van der Waals surface area (Å²) >= 11 is 0. The predicted molar refractivity (Wildman–Crippen MR) is 90.5 cm³/mol. The molecule has 6 heteroatoms. The first-order valence-corrected chi connectivity index (χ1v) is 9.23. The maximum atomic E-state index is 12.5. The fourth-order valence-electron chi connectivity index (χ4n) is 4.08. The van der Waals surface area contributed by atoms with E-state index in [1.54, 1.807) is 0 Å². The maximum Gasteiger partial charge on any atom is 0.242 e. The summed E-state index contributed by atoms with van der Waals surface area (Å²) < 4.78 is 5.40. The molecule has 0 bridgehead atoms. The minimum Gasteiger partial charge on any atom is -0.378 e. The van der Waals surface area contributed by atoms with Crippen molar-refractivity contribution in [1.82, 2.24) is 20.0 Å². The zero-order valence-electron chi connectivity index (χ0n) is 14.7. The number of nitrogens with one attached hydrogen (secondary N) is 1. The van der Waals surface area contributed by atoms with Gasteiger partial charge in [-0.1, -0.05) is 0 Å². The van der Waals surface area contributed by atoms with Gasteiger partial charge in [0.1, 0.15) is 6.04 Å². The van der Waals surface area contributed by atoms with Crippen LogP contribution in [0.2, 0.25) is 0 Å². The molecule has 0 aromatic rings. The molecule has 3 aliphatic heterocycles. The van der Waals surface area contributed by atoms with E-state index in [-0.39, 0.29) is 11.9 Å². The number of amides is 1. The monoisotopic (exact) mass is 324 g/mol. The SMILES string of the molecule is C[C@@H]1CC[C@H](C)N1CCN1CCN(C(=O)[C@@H]2COCCN2)CC1. The minimum atomic E-state index is -0.137. The van der Waals surface area contributed by atoms with Crippen LogP contribution in [-0.4, -0.2) is 97.8 Å². The van der Waals surface area contributed by atoms with Crippen LogP contribution < -0.4 is 5.32 Å². The fourth-order valence-corrected chi connectivity index (χ4v) is 4.08. The number of ether oxygens (including phenoxy) is 1. The molecular formula is C17H32N4O2. The van der Waals surface area contributed by atoms with Gasteiger partial charge >= 0.3 is 0 Å². The van der Waals surface area contributed by atoms with Gasteiger partial charge in [-0.05, 0) is 26.7 Å². The van der Waals surface area contributed by atoms with Crippen molar-refractivity contribution < 1.29 is 9.53 Å². The fraction of sp³-hybridized carbons (Fsp3) is 0.941. The minimum absolute atomic E-state index is 0.137. The zero-order chi connectivity index (χ0) is 16.2. The van der Waals surface area contributed by atoms with E-state index in [1.807, 2.05) is 4.90 Å². The Kier molecular flexibility index (Phi) is 5.91. The average molecular weight is 324 g/mol. The molecule has 3 atom stereocenters. The summed E-state index contributed by atoms with van der Waals surface area (Å²) in [5.41, 5.74) is 0. The molecule has 0 spiro atoms. The Morgan fingerprint density at radius 2 is 1.78 bits per heavy atom. The topological polar surface area (TPSA) is 48.0 Å². The van der Waals surface area contributed by atoms with E-state index in [0.29, 0.717) is 13.2 Å². The maximum absolute atomic E-state index is 12.5. The molecule has 0 aromatic heterocycles. The summed E-state index contributed by atoms with van der Waals surface area (Å²) in [6.45, 7) is 12.7. The van der Waals surface area contributed by atoms with Crippen LogP contribution in [0.15, 0.2) is 0 Å². The van der Waals surface area contributed by atoms with Crippen LogP contribution in [-0.2, 0) is 9.53 Å². The summed E-state index contributed by atoms with van der Waals surface area (Å²) in [6, 6.07) is 1.32. The van der Waals surface area contributed by atoms with Crippen LogP contribution in [0.3, 0.4) is 0 Å². The molecule has 3 saturated heterocycles. The Labute approximate surface area is 140 Å². The second-order valence-corrected chi connectivity index (χ2v) is 7.26. The van der Waals surface area contributed by atoms with E-state index in [9.17, 15) is 4.79 Å². The molecule has 0 aromatic carbocycles. The van der Waals surface area contributed by atoms with Gasteiger partial charge < -0.3 is 15.0 Å². The number of nitrogens with zero attached hydrogens (tertiary/aromatic N) is 3. The molecule has 0 radical (unpaired) electrons. The summed E-state index contributed by atoms with van der Waals surface area (Å²) in [4.78, 5) is 19.6. The van der Waals surface area contributed by atoms with Crippen LogP contribution in [0, 0.1) is 0 Å². The smallest absolute Gasteiger partial charge is 0.242 e. The molecule has 3 heterocycles. The van der Waals surface area contributed by atoms with Gasteiger partial charge in [0, 0.05) is 57.9 Å². The lowest BCUT2D eigenvalue weighted by Crippen LogP contribution is -2.57. The third-order valence-corrected chi connectivity index (χ3v) is 5.71. The van der Waals surface area contributed by atoms with Crippen molar-refractivity contribution in [3.63, 3.8) is 0 Å². The summed E-state index contributed by atoms with van der Waals surface area (Å²) in [5, 5.41) is 3.26. The molecule has 3 aliphatic rings. The van der Waals surface area contributed by atoms with Crippen LogP contribution in [0.5, 0.6) is 0 Å². The largest absolute Gasteiger partial charge is 0.378 e. The number of carbonyl (C=O) groups is 1. The lowest BCUT2D eigenvalue weighted by molar-refractivity contribution is -0.138. The number of hydrogen-bond donors (Lipinski definition) is 1. The number of hydrogen-bond acceptors (Lipinski definition) is 5. The number of carbonyl (C=O) groups excluding carboxylic acids is 1. The van der Waals surface area contributed by atoms with Crippen molar-refractivity contribution in [2.45, 2.75) is 44.8 Å². The third kappa shape index (κ3) is 4.24. The van der Waals surface area contributed by atoms with Crippen molar-refractivity contribution in [1.29, 1.82) is 0 Å². The molecule has 0 aliphatic carbocycles. The Hall–Kier alpha value is -0.690. The molecule has 1 N–H and O–H groups in total. The number of morpholine rings is 1. The molecule has 6 nitrogen and oxygen atoms in total. The molecule has 23 heavy (non-hydrogen) atoms. The summed E-state index contributed by atoms with van der Waals surface area (Å²) in [7, 11) is 0. The highest BCUT2D eigenvalue weighted by Crippen LogP contribution is 2.22. The number of piperazine rings is 1. The zero-order valence-corrected chi connectivity index (χ0v) is 14.7. The second kappa shape index (κ2) is 7.92. The third-order valence-electron chi connectivity index (χ3n) is 5.71. The lowest BCUT2D eigenvalue weighted by atomic mass is 10.2. The van der Waals surface area contributed by atoms with Crippen LogP contribution in [0.4, 0.5) is 0 Å². The van der Waals surface area contributed by atoms with Gasteiger partial charge in [-0.15, -0.1) is 0 Å². The van der Waals surface area contributed by atoms with E-state index in [4.69, 9.17) is 4.74 Å². The summed E-state index contributed by atoms with van der Waals surface area (Å²) in [5.74, 6) is 0.214. The van der Waals surface area contributed by atoms with Crippen molar-refractivity contribution in [2.24, 2.45) is 0 Å². The quantitative estimate of drug-likeness (QED) is 0.788. The molecule has 1 amide bonds. The van der Waals surface area contributed by atoms with Crippen molar-refractivity contribution >= 4 is 5.91 Å². The molecule has 3 fully saturated rings. The van der Waals surface area contributed by atoms with Gasteiger partial charge in [0.25, 0.3) is 0 Å². The first-order chi connectivity index (χ1) is 11.1. The van der Waals surface area contributed by atoms with Gasteiger partial charge in [-0.25, -0.2) is 0 Å². The number of rotatable bonds is 4. The van der Waals surface area contributed by atoms with E-state index >= 15 is 0 Å². The van der Waals surface area contributed by atoms with E-state index in [2.05, 4.69) is 29.0 Å². The van der Waals surface area contributed by atoms with Gasteiger partial charge in [0.2, 0.25) is 5.91 Å². The molecule has 3 rings (SSSR count). The molecular weight excluding hydrogens is 292 g/mol. The summed E-state index contributed by atoms with van der Waals surface area (Å²) in [6.07, 6.45) is 2.67. The first-order valence-electron chi connectivity index (χ1n) is 9.23. The first kappa shape index (κ1) is 17.1. The molecule has 0 saturated carbocycles. The average Bonchev–Trinajstić information content (AvgIpc) is 2.92. The Morgan fingerprint density at radius 3 is 2.39 bits per heavy atom. The van der Waals surface area contributed by atoms with Crippen LogP contribution in [0.1, 0.15) is 26.7 Å². The number of likely N-dealkylation sites (tertiary alicyclic amines) is 1. The predicted octanol–water partition coefficient (Wildman–Crippen LogP) is -0.00820.